The normalized spacial score (nSPS) is 34.3. The molecule has 0 saturated carbocycles. The summed E-state index contributed by atoms with van der Waals surface area (Å²) in [7, 11) is 1.98. The van der Waals surface area contributed by atoms with E-state index in [0.29, 0.717) is 38.0 Å². The summed E-state index contributed by atoms with van der Waals surface area (Å²) >= 11 is 0. The highest BCUT2D eigenvalue weighted by Gasteiger charge is 2.72. The number of phenols is 1. The van der Waals surface area contributed by atoms with E-state index < -0.39 is 53.5 Å². The zero-order valence-electron chi connectivity index (χ0n) is 20.4. The summed E-state index contributed by atoms with van der Waals surface area (Å²) in [5.74, 6) is -2.29. The van der Waals surface area contributed by atoms with Gasteiger partial charge in [-0.3, -0.25) is 4.79 Å². The number of aliphatic carboxylic acids is 1. The first-order chi connectivity index (χ1) is 17.6. The largest absolute Gasteiger partial charge is 0.504 e. The third-order valence-corrected chi connectivity index (χ3v) is 9.07. The number of amides is 1. The highest BCUT2D eigenvalue weighted by atomic mass is 16.6. The zero-order chi connectivity index (χ0) is 26.3. The van der Waals surface area contributed by atoms with E-state index in [1.54, 1.807) is 12.1 Å². The Morgan fingerprint density at radius 3 is 2.81 bits per heavy atom. The summed E-state index contributed by atoms with van der Waals surface area (Å²) in [6.45, 7) is 0.948. The molecule has 2 aliphatic carbocycles. The standard InChI is InChI=1S/C26H30N2O9/c1-27-10-8-25-20-13-4-5-15(29)21(20)37-22(25)17(6-7-26(25,35)18(27)11-13)36-24(34)14-3-2-9-28(14)19(31)12-16(30)23(32)33/h4-6,14,16,18,22,29-30,35H,2-3,7-12H2,1H3,(H,32,33)/t14-,16-,18-,22-,25-,26+/m0/s1. The van der Waals surface area contributed by atoms with E-state index in [1.165, 1.54) is 4.90 Å². The summed E-state index contributed by atoms with van der Waals surface area (Å²) in [4.78, 5) is 40.3. The topological polar surface area (TPSA) is 157 Å². The van der Waals surface area contributed by atoms with Crippen molar-refractivity contribution in [3.63, 3.8) is 0 Å². The number of carboxylic acids is 1. The van der Waals surface area contributed by atoms with Gasteiger partial charge in [0.1, 0.15) is 11.8 Å². The number of likely N-dealkylation sites (tertiary alicyclic amines) is 2. The van der Waals surface area contributed by atoms with E-state index in [9.17, 15) is 29.7 Å². The number of benzene rings is 1. The van der Waals surface area contributed by atoms with E-state index in [-0.39, 0.29) is 30.5 Å². The van der Waals surface area contributed by atoms with Crippen molar-refractivity contribution in [1.29, 1.82) is 0 Å². The number of piperidine rings is 1. The van der Waals surface area contributed by atoms with E-state index in [2.05, 4.69) is 4.90 Å². The van der Waals surface area contributed by atoms with Crippen molar-refractivity contribution in [3.05, 3.63) is 35.1 Å². The van der Waals surface area contributed by atoms with Crippen LogP contribution < -0.4 is 4.74 Å². The maximum atomic E-state index is 13.3. The Balaban J connectivity index is 1.31. The molecule has 11 heteroatoms. The molecule has 2 bridgehead atoms. The van der Waals surface area contributed by atoms with Gasteiger partial charge in [0.2, 0.25) is 5.91 Å². The fraction of sp³-hybridized carbons (Fsp3) is 0.577. The molecule has 4 N–H and O–H groups in total. The number of likely N-dealkylation sites (N-methyl/N-ethyl adjacent to an activating group) is 1. The molecule has 0 aromatic heterocycles. The molecular formula is C26H30N2O9. The molecule has 1 amide bonds. The smallest absolute Gasteiger partial charge is 0.334 e. The number of phenolic OH excluding ortho intramolecular Hbond substituents is 1. The number of carbonyl (C=O) groups is 3. The van der Waals surface area contributed by atoms with Crippen molar-refractivity contribution in [3.8, 4) is 11.5 Å². The highest BCUT2D eigenvalue weighted by Crippen LogP contribution is 2.65. The number of aliphatic hydroxyl groups excluding tert-OH is 1. The van der Waals surface area contributed by atoms with E-state index >= 15 is 0 Å². The van der Waals surface area contributed by atoms with Gasteiger partial charge in [0.25, 0.3) is 0 Å². The Hall–Kier alpha value is -3.15. The average molecular weight is 515 g/mol. The fourth-order valence-corrected chi connectivity index (χ4v) is 7.30. The molecule has 1 aromatic carbocycles. The van der Waals surface area contributed by atoms with Gasteiger partial charge in [-0.2, -0.15) is 0 Å². The number of carboxylic acid groups (broad SMARTS) is 1. The summed E-state index contributed by atoms with van der Waals surface area (Å²) in [6.07, 6.45) is 0.640. The maximum absolute atomic E-state index is 13.3. The molecule has 37 heavy (non-hydrogen) atoms. The van der Waals surface area contributed by atoms with Gasteiger partial charge in [-0.1, -0.05) is 6.07 Å². The first-order valence-corrected chi connectivity index (χ1v) is 12.6. The second-order valence-electron chi connectivity index (χ2n) is 10.8. The number of aliphatic hydroxyl groups is 2. The number of ether oxygens (including phenoxy) is 2. The number of aromatic hydroxyl groups is 1. The van der Waals surface area contributed by atoms with Gasteiger partial charge < -0.3 is 39.7 Å². The first-order valence-electron chi connectivity index (χ1n) is 12.6. The molecule has 3 aliphatic heterocycles. The van der Waals surface area contributed by atoms with Crippen LogP contribution in [-0.2, 0) is 31.0 Å². The van der Waals surface area contributed by atoms with Crippen molar-refractivity contribution in [2.75, 3.05) is 20.1 Å². The molecule has 6 rings (SSSR count). The van der Waals surface area contributed by atoms with Crippen molar-refractivity contribution < 1.29 is 44.3 Å². The Morgan fingerprint density at radius 1 is 1.27 bits per heavy atom. The van der Waals surface area contributed by atoms with Crippen molar-refractivity contribution >= 4 is 17.8 Å². The summed E-state index contributed by atoms with van der Waals surface area (Å²) < 4.78 is 12.2. The van der Waals surface area contributed by atoms with Crippen LogP contribution in [0.25, 0.3) is 0 Å². The molecule has 0 unspecified atom stereocenters. The summed E-state index contributed by atoms with van der Waals surface area (Å²) in [6, 6.07) is 2.36. The van der Waals surface area contributed by atoms with Crippen molar-refractivity contribution in [2.24, 2.45) is 0 Å². The third kappa shape index (κ3) is 3.20. The number of rotatable bonds is 5. The monoisotopic (exact) mass is 514 g/mol. The minimum Gasteiger partial charge on any atom is -0.504 e. The van der Waals surface area contributed by atoms with Crippen LogP contribution in [0.5, 0.6) is 11.5 Å². The third-order valence-electron chi connectivity index (χ3n) is 9.07. The van der Waals surface area contributed by atoms with Gasteiger partial charge in [0.05, 0.1) is 17.4 Å². The van der Waals surface area contributed by atoms with Gasteiger partial charge in [-0.25, -0.2) is 9.59 Å². The van der Waals surface area contributed by atoms with Gasteiger partial charge in [-0.05, 0) is 57.0 Å². The molecule has 2 saturated heterocycles. The lowest BCUT2D eigenvalue weighted by molar-refractivity contribution is -0.171. The predicted octanol–water partition coefficient (Wildman–Crippen LogP) is 0.0397. The SMILES string of the molecule is CN1CC[C@]23c4c5ccc(O)c4O[C@H]2C(OC(=O)[C@@H]2CCCN2C(=O)C[C@H](O)C(=O)O)=CC[C@@]3(O)[C@@H]1C5. The highest BCUT2D eigenvalue weighted by molar-refractivity contribution is 5.88. The zero-order valence-corrected chi connectivity index (χ0v) is 20.4. The lowest BCUT2D eigenvalue weighted by atomic mass is 9.50. The molecule has 1 aromatic rings. The van der Waals surface area contributed by atoms with Crippen LogP contribution in [0.3, 0.4) is 0 Å². The Morgan fingerprint density at radius 2 is 2.05 bits per heavy atom. The molecular weight excluding hydrogens is 484 g/mol. The van der Waals surface area contributed by atoms with Crippen LogP contribution in [0.15, 0.2) is 24.0 Å². The summed E-state index contributed by atoms with van der Waals surface area (Å²) in [5.41, 5.74) is -0.304. The molecule has 0 radical (unpaired) electrons. The second kappa shape index (κ2) is 8.17. The summed E-state index contributed by atoms with van der Waals surface area (Å²) in [5, 5.41) is 41.3. The van der Waals surface area contributed by atoms with Crippen molar-refractivity contribution in [1.82, 2.24) is 9.80 Å². The van der Waals surface area contributed by atoms with Crippen LogP contribution in [0.1, 0.15) is 43.2 Å². The molecule has 3 heterocycles. The average Bonchev–Trinajstić information content (AvgIpc) is 3.48. The van der Waals surface area contributed by atoms with Gasteiger partial charge in [-0.15, -0.1) is 0 Å². The Kier molecular flexibility index (Phi) is 5.35. The van der Waals surface area contributed by atoms with Gasteiger partial charge >= 0.3 is 11.9 Å². The minimum atomic E-state index is -1.85. The van der Waals surface area contributed by atoms with Gasteiger partial charge in [0.15, 0.2) is 23.7 Å². The van der Waals surface area contributed by atoms with E-state index in [1.807, 2.05) is 13.1 Å². The van der Waals surface area contributed by atoms with E-state index in [4.69, 9.17) is 14.6 Å². The lowest BCUT2D eigenvalue weighted by Crippen LogP contribution is -2.74. The number of hydrogen-bond donors (Lipinski definition) is 4. The molecule has 2 fully saturated rings. The molecule has 1 spiro atoms. The van der Waals surface area contributed by atoms with Crippen LogP contribution in [0, 0.1) is 0 Å². The first kappa shape index (κ1) is 24.2. The van der Waals surface area contributed by atoms with Crippen LogP contribution in [0.4, 0.5) is 0 Å². The van der Waals surface area contributed by atoms with Crippen molar-refractivity contribution in [2.45, 2.75) is 73.8 Å². The Bertz CT molecular complexity index is 1230. The predicted molar refractivity (Wildman–Crippen MR) is 126 cm³/mol. The number of hydrogen-bond acceptors (Lipinski definition) is 9. The van der Waals surface area contributed by atoms with Crippen LogP contribution >= 0.6 is 0 Å². The van der Waals surface area contributed by atoms with Crippen LogP contribution in [-0.4, -0.2) is 98.1 Å². The lowest BCUT2D eigenvalue weighted by Gasteiger charge is -2.61. The minimum absolute atomic E-state index is 0.0301. The van der Waals surface area contributed by atoms with Gasteiger partial charge in [0, 0.05) is 24.6 Å². The molecule has 198 valence electrons. The molecule has 6 atom stereocenters. The maximum Gasteiger partial charge on any atom is 0.334 e. The number of nitrogens with zero attached hydrogens (tertiary/aromatic N) is 2. The number of carbonyl (C=O) groups excluding carboxylic acids is 2. The van der Waals surface area contributed by atoms with Crippen LogP contribution in [0.2, 0.25) is 0 Å². The number of esters is 1. The molecule has 5 aliphatic rings. The van der Waals surface area contributed by atoms with E-state index in [0.717, 1.165) is 11.1 Å². The fourth-order valence-electron chi connectivity index (χ4n) is 7.30. The quantitative estimate of drug-likeness (QED) is 0.396. The second-order valence-corrected chi connectivity index (χ2v) is 10.8. The molecule has 11 nitrogen and oxygen atoms in total. The Labute approximate surface area is 212 Å².